The molecule has 1 fully saturated rings. The minimum atomic E-state index is -0.204. The number of carbonyl (C=O) groups excluding carboxylic acids is 1. The zero-order valence-electron chi connectivity index (χ0n) is 19.3. The molecule has 0 aliphatic carbocycles. The molecule has 1 saturated heterocycles. The Morgan fingerprint density at radius 3 is 2.30 bits per heavy atom. The maximum Gasteiger partial charge on any atom is 0.350 e. The van der Waals surface area contributed by atoms with E-state index in [1.165, 1.54) is 26.0 Å². The Hall–Kier alpha value is -3.75. The van der Waals surface area contributed by atoms with Crippen LogP contribution >= 0.6 is 0 Å². The fourth-order valence-electron chi connectivity index (χ4n) is 4.33. The highest BCUT2D eigenvalue weighted by Gasteiger charge is 2.31. The van der Waals surface area contributed by atoms with E-state index in [0.717, 1.165) is 18.5 Å². The van der Waals surface area contributed by atoms with Crippen LogP contribution in [0.4, 0.5) is 0 Å². The third-order valence-corrected chi connectivity index (χ3v) is 5.95. The number of rotatable bonds is 6. The molecule has 2 aromatic carbocycles. The summed E-state index contributed by atoms with van der Waals surface area (Å²) in [5.74, 6) is 1.75. The molecule has 2 heterocycles. The van der Waals surface area contributed by atoms with E-state index in [4.69, 9.17) is 14.2 Å². The summed E-state index contributed by atoms with van der Waals surface area (Å²) in [5, 5.41) is 4.53. The lowest BCUT2D eigenvalue weighted by atomic mass is 9.96. The Morgan fingerprint density at radius 1 is 1.03 bits per heavy atom. The van der Waals surface area contributed by atoms with Crippen molar-refractivity contribution >= 4 is 5.91 Å². The minimum Gasteiger partial charge on any atom is -0.493 e. The Kier molecular flexibility index (Phi) is 6.39. The molecule has 174 valence electrons. The average Bonchev–Trinajstić information content (AvgIpc) is 3.17. The van der Waals surface area contributed by atoms with Crippen LogP contribution in [0.15, 0.2) is 47.3 Å². The normalized spacial score (nSPS) is 15.9. The maximum absolute atomic E-state index is 13.4. The van der Waals surface area contributed by atoms with Crippen molar-refractivity contribution < 1.29 is 19.0 Å². The summed E-state index contributed by atoms with van der Waals surface area (Å²) in [4.78, 5) is 28.0. The number of piperidine rings is 1. The predicted molar refractivity (Wildman–Crippen MR) is 123 cm³/mol. The van der Waals surface area contributed by atoms with E-state index in [1.807, 2.05) is 30.3 Å². The summed E-state index contributed by atoms with van der Waals surface area (Å²) in [6.45, 7) is 1.08. The first-order valence-corrected chi connectivity index (χ1v) is 10.8. The molecular formula is C24H28N4O5. The number of carbonyl (C=O) groups is 1. The van der Waals surface area contributed by atoms with E-state index in [0.29, 0.717) is 41.7 Å². The Labute approximate surface area is 192 Å². The van der Waals surface area contributed by atoms with Crippen molar-refractivity contribution in [3.05, 3.63) is 64.3 Å². The molecule has 1 aromatic heterocycles. The van der Waals surface area contributed by atoms with E-state index in [9.17, 15) is 9.59 Å². The van der Waals surface area contributed by atoms with Crippen molar-refractivity contribution in [2.24, 2.45) is 7.05 Å². The van der Waals surface area contributed by atoms with Crippen LogP contribution in [0.3, 0.4) is 0 Å². The van der Waals surface area contributed by atoms with E-state index in [-0.39, 0.29) is 17.5 Å². The molecule has 1 unspecified atom stereocenters. The van der Waals surface area contributed by atoms with Gasteiger partial charge in [0, 0.05) is 31.6 Å². The second kappa shape index (κ2) is 9.40. The monoisotopic (exact) mass is 452 g/mol. The molecule has 3 aromatic rings. The second-order valence-corrected chi connectivity index (χ2v) is 7.94. The van der Waals surface area contributed by atoms with Crippen LogP contribution in [0.2, 0.25) is 0 Å². The molecule has 0 N–H and O–H groups in total. The summed E-state index contributed by atoms with van der Waals surface area (Å²) in [5.41, 5.74) is 1.01. The van der Waals surface area contributed by atoms with Gasteiger partial charge >= 0.3 is 5.69 Å². The third-order valence-electron chi connectivity index (χ3n) is 5.95. The smallest absolute Gasteiger partial charge is 0.350 e. The van der Waals surface area contributed by atoms with Gasteiger partial charge in [0.05, 0.1) is 27.0 Å². The number of amides is 1. The summed E-state index contributed by atoms with van der Waals surface area (Å²) in [6, 6.07) is 12.8. The van der Waals surface area contributed by atoms with Gasteiger partial charge in [0.25, 0.3) is 5.91 Å². The van der Waals surface area contributed by atoms with Crippen LogP contribution in [0, 0.1) is 0 Å². The van der Waals surface area contributed by atoms with Crippen molar-refractivity contribution in [2.45, 2.75) is 18.8 Å². The summed E-state index contributed by atoms with van der Waals surface area (Å²) in [7, 11) is 6.21. The molecule has 9 heteroatoms. The van der Waals surface area contributed by atoms with Gasteiger partial charge in [-0.15, -0.1) is 0 Å². The molecule has 1 atom stereocenters. The van der Waals surface area contributed by atoms with Crippen LogP contribution < -0.4 is 19.9 Å². The molecule has 0 bridgehead atoms. The van der Waals surface area contributed by atoms with Gasteiger partial charge < -0.3 is 19.1 Å². The van der Waals surface area contributed by atoms with Gasteiger partial charge in [-0.05, 0) is 37.1 Å². The molecule has 4 rings (SSSR count). The Morgan fingerprint density at radius 2 is 1.70 bits per heavy atom. The van der Waals surface area contributed by atoms with Gasteiger partial charge in [-0.1, -0.05) is 18.2 Å². The number of hydrogen-bond donors (Lipinski definition) is 0. The van der Waals surface area contributed by atoms with Crippen LogP contribution in [-0.4, -0.2) is 59.6 Å². The van der Waals surface area contributed by atoms with Crippen molar-refractivity contribution in [3.63, 3.8) is 0 Å². The maximum atomic E-state index is 13.4. The van der Waals surface area contributed by atoms with Gasteiger partial charge in [0.15, 0.2) is 11.5 Å². The number of nitrogens with zero attached hydrogens (tertiary/aromatic N) is 4. The van der Waals surface area contributed by atoms with Crippen molar-refractivity contribution in [1.29, 1.82) is 0 Å². The summed E-state index contributed by atoms with van der Waals surface area (Å²) in [6.07, 6.45) is 1.64. The Balaban J connectivity index is 1.65. The molecule has 1 aliphatic heterocycles. The minimum absolute atomic E-state index is 0.0705. The van der Waals surface area contributed by atoms with Crippen LogP contribution in [-0.2, 0) is 7.05 Å². The zero-order chi connectivity index (χ0) is 23.5. The molecule has 0 saturated carbocycles. The first kappa shape index (κ1) is 22.4. The fourth-order valence-corrected chi connectivity index (χ4v) is 4.33. The molecule has 0 spiro atoms. The van der Waals surface area contributed by atoms with Crippen molar-refractivity contribution in [2.75, 3.05) is 34.4 Å². The molecular weight excluding hydrogens is 424 g/mol. The number of aromatic nitrogens is 3. The van der Waals surface area contributed by atoms with E-state index >= 15 is 0 Å². The lowest BCUT2D eigenvalue weighted by Crippen LogP contribution is -2.40. The number of benzene rings is 2. The van der Waals surface area contributed by atoms with Gasteiger partial charge in [-0.3, -0.25) is 4.79 Å². The fraction of sp³-hybridized carbons (Fsp3) is 0.375. The van der Waals surface area contributed by atoms with Crippen molar-refractivity contribution in [3.8, 4) is 22.9 Å². The van der Waals surface area contributed by atoms with Crippen LogP contribution in [0.1, 0.15) is 34.9 Å². The standard InChI is InChI=1S/C24H28N4O5/c1-26-24(30)28(18-10-6-5-7-11-18)22(25-26)16-9-8-12-27(15-16)23(29)17-13-19(31-2)21(33-4)20(14-17)32-3/h5-7,10-11,13-14,16H,8-9,12,15H2,1-4H3. The van der Waals surface area contributed by atoms with E-state index < -0.39 is 0 Å². The average molecular weight is 453 g/mol. The third kappa shape index (κ3) is 4.18. The largest absolute Gasteiger partial charge is 0.493 e. The van der Waals surface area contributed by atoms with E-state index in [1.54, 1.807) is 28.6 Å². The SMILES string of the molecule is COc1cc(C(=O)N2CCCC(c3nn(C)c(=O)n3-c3ccccc3)C2)cc(OC)c1OC. The second-order valence-electron chi connectivity index (χ2n) is 7.94. The van der Waals surface area contributed by atoms with Crippen LogP contribution in [0.25, 0.3) is 5.69 Å². The highest BCUT2D eigenvalue weighted by atomic mass is 16.5. The highest BCUT2D eigenvalue weighted by molar-refractivity contribution is 5.95. The first-order chi connectivity index (χ1) is 16.0. The van der Waals surface area contributed by atoms with Crippen molar-refractivity contribution in [1.82, 2.24) is 19.2 Å². The quantitative estimate of drug-likeness (QED) is 0.571. The van der Waals surface area contributed by atoms with E-state index in [2.05, 4.69) is 5.10 Å². The number of likely N-dealkylation sites (tertiary alicyclic amines) is 1. The molecule has 33 heavy (non-hydrogen) atoms. The van der Waals surface area contributed by atoms with Gasteiger partial charge in [0.1, 0.15) is 5.82 Å². The lowest BCUT2D eigenvalue weighted by molar-refractivity contribution is 0.0703. The lowest BCUT2D eigenvalue weighted by Gasteiger charge is -2.32. The molecule has 1 amide bonds. The zero-order valence-corrected chi connectivity index (χ0v) is 19.3. The van der Waals surface area contributed by atoms with Gasteiger partial charge in [-0.25, -0.2) is 14.0 Å². The molecule has 9 nitrogen and oxygen atoms in total. The Bertz CT molecular complexity index is 1180. The number of aryl methyl sites for hydroxylation is 1. The van der Waals surface area contributed by atoms with Gasteiger partial charge in [-0.2, -0.15) is 5.10 Å². The van der Waals surface area contributed by atoms with Crippen LogP contribution in [0.5, 0.6) is 17.2 Å². The predicted octanol–water partition coefficient (Wildman–Crippen LogP) is 2.62. The molecule has 1 aliphatic rings. The summed E-state index contributed by atoms with van der Waals surface area (Å²) >= 11 is 0. The topological polar surface area (TPSA) is 87.8 Å². The number of hydrogen-bond acceptors (Lipinski definition) is 6. The molecule has 0 radical (unpaired) electrons. The number of ether oxygens (including phenoxy) is 3. The number of para-hydroxylation sites is 1. The highest BCUT2D eigenvalue weighted by Crippen LogP contribution is 2.39. The summed E-state index contributed by atoms with van der Waals surface area (Å²) < 4.78 is 19.2. The van der Waals surface area contributed by atoms with Gasteiger partial charge in [0.2, 0.25) is 5.75 Å². The number of methoxy groups -OCH3 is 3. The first-order valence-electron chi connectivity index (χ1n) is 10.8.